The molecule has 0 atom stereocenters. The van der Waals surface area contributed by atoms with Gasteiger partial charge in [0.1, 0.15) is 5.82 Å². The lowest BCUT2D eigenvalue weighted by Crippen LogP contribution is -2.12. The molecular weight excluding hydrogens is 348 g/mol. The first-order valence-corrected chi connectivity index (χ1v) is 8.24. The minimum Gasteiger partial charge on any atom is -0.340 e. The van der Waals surface area contributed by atoms with Gasteiger partial charge in [0.2, 0.25) is 0 Å². The van der Waals surface area contributed by atoms with E-state index in [-0.39, 0.29) is 5.91 Å². The van der Waals surface area contributed by atoms with Crippen molar-refractivity contribution in [3.63, 3.8) is 0 Å². The van der Waals surface area contributed by atoms with Gasteiger partial charge in [-0.15, -0.1) is 0 Å². The molecule has 1 amide bonds. The summed E-state index contributed by atoms with van der Waals surface area (Å²) in [6.07, 6.45) is 1.50. The topological polar surface area (TPSA) is 77.8 Å². The Morgan fingerprint density at radius 1 is 1.15 bits per heavy atom. The standard InChI is InChI=1S/C20H15ClN4O/c1-13-9-16(21)6-7-18(13)25-19-8-5-15(12-23-19)20(26)24-17-4-2-3-14(10-17)11-22/h2-10,12H,1H3,(H,23,25)(H,24,26). The highest BCUT2D eigenvalue weighted by molar-refractivity contribution is 6.30. The average molecular weight is 363 g/mol. The lowest BCUT2D eigenvalue weighted by Gasteiger charge is -2.10. The van der Waals surface area contributed by atoms with E-state index in [1.165, 1.54) is 6.20 Å². The summed E-state index contributed by atoms with van der Waals surface area (Å²) in [6, 6.07) is 17.7. The minimum absolute atomic E-state index is 0.290. The monoisotopic (exact) mass is 362 g/mol. The molecule has 5 nitrogen and oxygen atoms in total. The number of nitrogens with one attached hydrogen (secondary N) is 2. The number of rotatable bonds is 4. The SMILES string of the molecule is Cc1cc(Cl)ccc1Nc1ccc(C(=O)Nc2cccc(C#N)c2)cn1. The van der Waals surface area contributed by atoms with E-state index in [9.17, 15) is 4.79 Å². The molecule has 0 aliphatic rings. The maximum atomic E-state index is 12.3. The summed E-state index contributed by atoms with van der Waals surface area (Å²) < 4.78 is 0. The van der Waals surface area contributed by atoms with Crippen LogP contribution >= 0.6 is 11.6 Å². The van der Waals surface area contributed by atoms with E-state index in [0.29, 0.717) is 27.7 Å². The van der Waals surface area contributed by atoms with Crippen LogP contribution in [0.1, 0.15) is 21.5 Å². The molecule has 0 spiro atoms. The number of carbonyl (C=O) groups excluding carboxylic acids is 1. The molecule has 2 N–H and O–H groups in total. The summed E-state index contributed by atoms with van der Waals surface area (Å²) in [5.74, 6) is 0.334. The highest BCUT2D eigenvalue weighted by Gasteiger charge is 2.08. The number of aryl methyl sites for hydroxylation is 1. The van der Waals surface area contributed by atoms with Crippen molar-refractivity contribution in [2.24, 2.45) is 0 Å². The zero-order valence-corrected chi connectivity index (χ0v) is 14.7. The highest BCUT2D eigenvalue weighted by Crippen LogP contribution is 2.22. The van der Waals surface area contributed by atoms with Gasteiger partial charge in [0.25, 0.3) is 5.91 Å². The van der Waals surface area contributed by atoms with Crippen LogP contribution in [0.15, 0.2) is 60.8 Å². The fourth-order valence-corrected chi connectivity index (χ4v) is 2.60. The Hall–Kier alpha value is -3.36. The molecule has 1 aromatic heterocycles. The van der Waals surface area contributed by atoms with E-state index in [1.54, 1.807) is 42.5 Å². The zero-order valence-electron chi connectivity index (χ0n) is 14.0. The molecule has 0 saturated carbocycles. The van der Waals surface area contributed by atoms with Crippen LogP contribution < -0.4 is 10.6 Å². The molecule has 0 unspecified atom stereocenters. The lowest BCUT2D eigenvalue weighted by molar-refractivity contribution is 0.102. The van der Waals surface area contributed by atoms with Crippen LogP contribution in [0.25, 0.3) is 0 Å². The fourth-order valence-electron chi connectivity index (χ4n) is 2.38. The van der Waals surface area contributed by atoms with Crippen LogP contribution in [0.4, 0.5) is 17.2 Å². The van der Waals surface area contributed by atoms with Crippen LogP contribution in [0.3, 0.4) is 0 Å². The number of aromatic nitrogens is 1. The van der Waals surface area contributed by atoms with E-state index in [4.69, 9.17) is 16.9 Å². The van der Waals surface area contributed by atoms with E-state index in [0.717, 1.165) is 11.3 Å². The Kier molecular flexibility index (Phi) is 5.16. The first-order chi connectivity index (χ1) is 12.5. The Bertz CT molecular complexity index is 993. The van der Waals surface area contributed by atoms with Gasteiger partial charge >= 0.3 is 0 Å². The first-order valence-electron chi connectivity index (χ1n) is 7.86. The van der Waals surface area contributed by atoms with Crippen molar-refractivity contribution in [2.75, 3.05) is 10.6 Å². The molecule has 0 radical (unpaired) electrons. The summed E-state index contributed by atoms with van der Waals surface area (Å²) in [4.78, 5) is 16.6. The lowest BCUT2D eigenvalue weighted by atomic mass is 10.2. The summed E-state index contributed by atoms with van der Waals surface area (Å²) in [6.45, 7) is 1.95. The van der Waals surface area contributed by atoms with Crippen molar-refractivity contribution in [1.82, 2.24) is 4.98 Å². The van der Waals surface area contributed by atoms with Gasteiger partial charge in [-0.2, -0.15) is 5.26 Å². The highest BCUT2D eigenvalue weighted by atomic mass is 35.5. The third-order valence-electron chi connectivity index (χ3n) is 3.73. The summed E-state index contributed by atoms with van der Waals surface area (Å²) in [5.41, 5.74) is 3.36. The van der Waals surface area contributed by atoms with Crippen LogP contribution in [-0.2, 0) is 0 Å². The van der Waals surface area contributed by atoms with Gasteiger partial charge in [0.15, 0.2) is 0 Å². The number of anilines is 3. The third kappa shape index (κ3) is 4.18. The second-order valence-electron chi connectivity index (χ2n) is 5.66. The summed E-state index contributed by atoms with van der Waals surface area (Å²) in [7, 11) is 0. The fraction of sp³-hybridized carbons (Fsp3) is 0.0500. The average Bonchev–Trinajstić information content (AvgIpc) is 2.64. The van der Waals surface area contributed by atoms with E-state index >= 15 is 0 Å². The molecule has 0 fully saturated rings. The van der Waals surface area contributed by atoms with Crippen molar-refractivity contribution >= 4 is 34.7 Å². The Morgan fingerprint density at radius 3 is 2.69 bits per heavy atom. The summed E-state index contributed by atoms with van der Waals surface area (Å²) >= 11 is 5.96. The van der Waals surface area contributed by atoms with E-state index in [1.807, 2.05) is 25.1 Å². The van der Waals surface area contributed by atoms with Crippen molar-refractivity contribution in [2.45, 2.75) is 6.92 Å². The molecule has 1 heterocycles. The first kappa shape index (κ1) is 17.5. The maximum Gasteiger partial charge on any atom is 0.257 e. The molecule has 0 saturated heterocycles. The molecular formula is C20H15ClN4O. The van der Waals surface area contributed by atoms with Gasteiger partial charge in [-0.25, -0.2) is 4.98 Å². The number of amides is 1. The molecule has 6 heteroatoms. The Morgan fingerprint density at radius 2 is 2.00 bits per heavy atom. The molecule has 2 aromatic carbocycles. The van der Waals surface area contributed by atoms with Gasteiger partial charge in [-0.05, 0) is 61.0 Å². The van der Waals surface area contributed by atoms with Gasteiger partial charge in [0.05, 0.1) is 17.2 Å². The van der Waals surface area contributed by atoms with Crippen LogP contribution in [-0.4, -0.2) is 10.9 Å². The largest absolute Gasteiger partial charge is 0.340 e. The second-order valence-corrected chi connectivity index (χ2v) is 6.10. The van der Waals surface area contributed by atoms with Gasteiger partial charge in [-0.3, -0.25) is 4.79 Å². The number of pyridine rings is 1. The normalized spacial score (nSPS) is 10.0. The number of benzene rings is 2. The van der Waals surface area contributed by atoms with Crippen LogP contribution in [0.5, 0.6) is 0 Å². The van der Waals surface area contributed by atoms with Crippen molar-refractivity contribution in [3.8, 4) is 6.07 Å². The number of nitriles is 1. The number of halogens is 1. The van der Waals surface area contributed by atoms with Crippen molar-refractivity contribution in [1.29, 1.82) is 5.26 Å². The second kappa shape index (κ2) is 7.68. The zero-order chi connectivity index (χ0) is 18.5. The third-order valence-corrected chi connectivity index (χ3v) is 3.96. The number of nitrogens with zero attached hydrogens (tertiary/aromatic N) is 2. The predicted octanol–water partition coefficient (Wildman–Crippen LogP) is 4.91. The Balaban J connectivity index is 1.70. The van der Waals surface area contributed by atoms with Crippen molar-refractivity contribution < 1.29 is 4.79 Å². The van der Waals surface area contributed by atoms with Crippen molar-refractivity contribution in [3.05, 3.63) is 82.5 Å². The van der Waals surface area contributed by atoms with Gasteiger partial charge in [-0.1, -0.05) is 17.7 Å². The Labute approximate surface area is 156 Å². The number of hydrogen-bond acceptors (Lipinski definition) is 4. The number of carbonyl (C=O) groups is 1. The molecule has 26 heavy (non-hydrogen) atoms. The molecule has 0 bridgehead atoms. The van der Waals surface area contributed by atoms with Gasteiger partial charge < -0.3 is 10.6 Å². The van der Waals surface area contributed by atoms with Crippen LogP contribution in [0, 0.1) is 18.3 Å². The molecule has 0 aliphatic carbocycles. The molecule has 128 valence electrons. The van der Waals surface area contributed by atoms with Crippen LogP contribution in [0.2, 0.25) is 5.02 Å². The molecule has 3 aromatic rings. The quantitative estimate of drug-likeness (QED) is 0.691. The van der Waals surface area contributed by atoms with E-state index < -0.39 is 0 Å². The minimum atomic E-state index is -0.290. The number of hydrogen-bond donors (Lipinski definition) is 2. The van der Waals surface area contributed by atoms with Gasteiger partial charge in [0, 0.05) is 22.6 Å². The molecule has 0 aliphatic heterocycles. The maximum absolute atomic E-state index is 12.3. The molecule has 3 rings (SSSR count). The van der Waals surface area contributed by atoms with E-state index in [2.05, 4.69) is 15.6 Å². The predicted molar refractivity (Wildman–Crippen MR) is 103 cm³/mol. The smallest absolute Gasteiger partial charge is 0.257 e. The summed E-state index contributed by atoms with van der Waals surface area (Å²) in [5, 5.41) is 15.5.